The highest BCUT2D eigenvalue weighted by molar-refractivity contribution is 8.00. The van der Waals surface area contributed by atoms with Crippen molar-refractivity contribution < 1.29 is 0 Å². The Labute approximate surface area is 185 Å². The zero-order valence-corrected chi connectivity index (χ0v) is 19.5. The van der Waals surface area contributed by atoms with Crippen molar-refractivity contribution in [3.63, 3.8) is 0 Å². The first-order chi connectivity index (χ1) is 14.0. The summed E-state index contributed by atoms with van der Waals surface area (Å²) >= 11 is 5.54. The summed E-state index contributed by atoms with van der Waals surface area (Å²) in [5.74, 6) is 0. The molecule has 2 heterocycles. The summed E-state index contributed by atoms with van der Waals surface area (Å²) in [6.45, 7) is 8.87. The Hall–Kier alpha value is -1.69. The Balaban J connectivity index is 1.70. The van der Waals surface area contributed by atoms with Gasteiger partial charge in [0.2, 0.25) is 0 Å². The minimum atomic E-state index is 0.562. The molecule has 2 aromatic carbocycles. The summed E-state index contributed by atoms with van der Waals surface area (Å²) in [5.41, 5.74) is 2.10. The van der Waals surface area contributed by atoms with Crippen LogP contribution in [0, 0.1) is 0 Å². The number of nitrogens with zero attached hydrogens (tertiary/aromatic N) is 2. The molecule has 0 unspecified atom stereocenters. The molecule has 0 aliphatic heterocycles. The van der Waals surface area contributed by atoms with Gasteiger partial charge in [-0.1, -0.05) is 51.6 Å². The lowest BCUT2D eigenvalue weighted by Crippen LogP contribution is -1.89. The molecule has 0 fully saturated rings. The normalized spacial score (nSPS) is 11.8. The van der Waals surface area contributed by atoms with Crippen molar-refractivity contribution in [3.05, 3.63) is 60.9 Å². The van der Waals surface area contributed by atoms with E-state index in [1.807, 2.05) is 35.9 Å². The van der Waals surface area contributed by atoms with Gasteiger partial charge in [-0.15, -0.1) is 23.5 Å². The van der Waals surface area contributed by atoms with Gasteiger partial charge in [-0.3, -0.25) is 9.97 Å². The van der Waals surface area contributed by atoms with Crippen LogP contribution in [0.1, 0.15) is 27.7 Å². The molecule has 0 amide bonds. The number of aromatic nitrogens is 2. The van der Waals surface area contributed by atoms with E-state index in [-0.39, 0.29) is 0 Å². The van der Waals surface area contributed by atoms with Crippen molar-refractivity contribution >= 4 is 57.1 Å². The Morgan fingerprint density at radius 2 is 1.07 bits per heavy atom. The number of hydrogen-bond donors (Lipinski definition) is 0. The van der Waals surface area contributed by atoms with Gasteiger partial charge in [0.1, 0.15) is 0 Å². The standard InChI is InChI=1S/C24H24N2S3/c1-15(2)27-17-5-7-19-21(13-17)25-11-9-23(19)29-24-10-12-26-22-14-18(28-16(3)4)6-8-20(22)24/h5-16H,1-4H3. The van der Waals surface area contributed by atoms with Gasteiger partial charge >= 0.3 is 0 Å². The smallest absolute Gasteiger partial charge is 0.0724 e. The second-order valence-corrected chi connectivity index (χ2v) is 11.8. The van der Waals surface area contributed by atoms with Gasteiger partial charge in [-0.05, 0) is 36.4 Å². The molecule has 4 rings (SSSR count). The molecule has 29 heavy (non-hydrogen) atoms. The molecule has 2 nitrogen and oxygen atoms in total. The van der Waals surface area contributed by atoms with Crippen LogP contribution in [0.2, 0.25) is 0 Å². The molecular weight excluding hydrogens is 412 g/mol. The molecule has 0 atom stereocenters. The lowest BCUT2D eigenvalue weighted by Gasteiger charge is -2.11. The van der Waals surface area contributed by atoms with Crippen molar-refractivity contribution in [2.24, 2.45) is 0 Å². The summed E-state index contributed by atoms with van der Waals surface area (Å²) < 4.78 is 0. The fourth-order valence-electron chi connectivity index (χ4n) is 3.19. The van der Waals surface area contributed by atoms with Gasteiger partial charge in [0.05, 0.1) is 11.0 Å². The first-order valence-corrected chi connectivity index (χ1v) is 12.4. The van der Waals surface area contributed by atoms with Crippen LogP contribution in [-0.2, 0) is 0 Å². The highest BCUT2D eigenvalue weighted by Crippen LogP contribution is 2.38. The van der Waals surface area contributed by atoms with E-state index in [0.29, 0.717) is 10.5 Å². The van der Waals surface area contributed by atoms with Crippen LogP contribution in [0.25, 0.3) is 21.8 Å². The maximum Gasteiger partial charge on any atom is 0.0724 e. The Bertz CT molecular complexity index is 1060. The minimum absolute atomic E-state index is 0.562. The van der Waals surface area contributed by atoms with Gasteiger partial charge in [-0.2, -0.15) is 0 Å². The van der Waals surface area contributed by atoms with Crippen LogP contribution in [0.5, 0.6) is 0 Å². The summed E-state index contributed by atoms with van der Waals surface area (Å²) in [4.78, 5) is 14.2. The van der Waals surface area contributed by atoms with Gasteiger partial charge in [0.25, 0.3) is 0 Å². The molecular formula is C24H24N2S3. The van der Waals surface area contributed by atoms with E-state index >= 15 is 0 Å². The summed E-state index contributed by atoms with van der Waals surface area (Å²) in [7, 11) is 0. The number of pyridine rings is 2. The first kappa shape index (κ1) is 20.6. The Kier molecular flexibility index (Phi) is 6.38. The SMILES string of the molecule is CC(C)Sc1ccc2c(Sc3ccnc4cc(SC(C)C)ccc34)ccnc2c1. The second-order valence-electron chi connectivity index (χ2n) is 7.41. The third-order valence-electron chi connectivity index (χ3n) is 4.31. The minimum Gasteiger partial charge on any atom is -0.256 e. The van der Waals surface area contributed by atoms with Crippen LogP contribution in [0.4, 0.5) is 0 Å². The molecule has 0 spiro atoms. The zero-order valence-electron chi connectivity index (χ0n) is 17.0. The molecule has 148 valence electrons. The maximum absolute atomic E-state index is 4.61. The zero-order chi connectivity index (χ0) is 20.4. The van der Waals surface area contributed by atoms with Crippen molar-refractivity contribution in [3.8, 4) is 0 Å². The van der Waals surface area contributed by atoms with Crippen LogP contribution < -0.4 is 0 Å². The number of hydrogen-bond acceptors (Lipinski definition) is 5. The average Bonchev–Trinajstić information content (AvgIpc) is 2.67. The molecule has 0 aliphatic carbocycles. The molecule has 0 saturated carbocycles. The Morgan fingerprint density at radius 3 is 1.48 bits per heavy atom. The molecule has 0 N–H and O–H groups in total. The highest BCUT2D eigenvalue weighted by Gasteiger charge is 2.10. The van der Waals surface area contributed by atoms with E-state index in [4.69, 9.17) is 0 Å². The number of thioether (sulfide) groups is 2. The third-order valence-corrected chi connectivity index (χ3v) is 7.46. The fourth-order valence-corrected chi connectivity index (χ4v) is 5.99. The van der Waals surface area contributed by atoms with Crippen LogP contribution in [0.15, 0.2) is 80.5 Å². The summed E-state index contributed by atoms with van der Waals surface area (Å²) in [6.07, 6.45) is 3.82. The van der Waals surface area contributed by atoms with E-state index < -0.39 is 0 Å². The monoisotopic (exact) mass is 436 g/mol. The fraction of sp³-hybridized carbons (Fsp3) is 0.250. The average molecular weight is 437 g/mol. The predicted octanol–water partition coefficient (Wildman–Crippen LogP) is 7.94. The second kappa shape index (κ2) is 8.99. The van der Waals surface area contributed by atoms with Gasteiger partial charge < -0.3 is 0 Å². The number of fused-ring (bicyclic) bond motifs is 2. The van der Waals surface area contributed by atoms with Crippen molar-refractivity contribution in [2.75, 3.05) is 0 Å². The quantitative estimate of drug-likeness (QED) is 0.286. The van der Waals surface area contributed by atoms with Crippen LogP contribution in [0.3, 0.4) is 0 Å². The Morgan fingerprint density at radius 1 is 0.621 bits per heavy atom. The van der Waals surface area contributed by atoms with E-state index in [1.54, 1.807) is 11.8 Å². The predicted molar refractivity (Wildman–Crippen MR) is 130 cm³/mol. The molecule has 0 aliphatic rings. The summed E-state index contributed by atoms with van der Waals surface area (Å²) in [5, 5.41) is 3.52. The topological polar surface area (TPSA) is 25.8 Å². The lowest BCUT2D eigenvalue weighted by atomic mass is 10.2. The lowest BCUT2D eigenvalue weighted by molar-refractivity contribution is 1.11. The van der Waals surface area contributed by atoms with E-state index in [2.05, 4.69) is 86.2 Å². The van der Waals surface area contributed by atoms with Crippen molar-refractivity contribution in [1.29, 1.82) is 0 Å². The molecule has 5 heteroatoms. The molecule has 0 saturated heterocycles. The molecule has 4 aromatic rings. The molecule has 0 bridgehead atoms. The first-order valence-electron chi connectivity index (χ1n) is 9.78. The number of benzene rings is 2. The van der Waals surface area contributed by atoms with Gasteiger partial charge in [0.15, 0.2) is 0 Å². The van der Waals surface area contributed by atoms with Gasteiger partial charge in [0, 0.05) is 53.2 Å². The molecule has 0 radical (unpaired) electrons. The summed E-state index contributed by atoms with van der Waals surface area (Å²) in [6, 6.07) is 17.4. The maximum atomic E-state index is 4.61. The molecule has 2 aromatic heterocycles. The highest BCUT2D eigenvalue weighted by atomic mass is 32.2. The number of rotatable bonds is 6. The van der Waals surface area contributed by atoms with E-state index in [0.717, 1.165) is 11.0 Å². The van der Waals surface area contributed by atoms with Crippen molar-refractivity contribution in [1.82, 2.24) is 9.97 Å². The van der Waals surface area contributed by atoms with Gasteiger partial charge in [-0.25, -0.2) is 0 Å². The van der Waals surface area contributed by atoms with Crippen molar-refractivity contribution in [2.45, 2.75) is 57.8 Å². The third kappa shape index (κ3) is 4.90. The van der Waals surface area contributed by atoms with Crippen LogP contribution in [-0.4, -0.2) is 20.5 Å². The van der Waals surface area contributed by atoms with E-state index in [9.17, 15) is 0 Å². The van der Waals surface area contributed by atoms with Crippen LogP contribution >= 0.6 is 35.3 Å². The van der Waals surface area contributed by atoms with E-state index in [1.165, 1.54) is 30.4 Å². The largest absolute Gasteiger partial charge is 0.256 e.